The van der Waals surface area contributed by atoms with Crippen LogP contribution in [0.1, 0.15) is 81.4 Å². The second-order valence-electron chi connectivity index (χ2n) is 16.7. The third-order valence-corrected chi connectivity index (χ3v) is 18.4. The van der Waals surface area contributed by atoms with Gasteiger partial charge in [-0.15, -0.1) is 0 Å². The second-order valence-corrected chi connectivity index (χ2v) is 22.8. The van der Waals surface area contributed by atoms with Gasteiger partial charge in [0.05, 0.1) is 29.6 Å². The lowest BCUT2D eigenvalue weighted by atomic mass is 9.99. The maximum atomic E-state index is 14.8. The molecule has 4 atom stereocenters. The summed E-state index contributed by atoms with van der Waals surface area (Å²) >= 11 is 0. The van der Waals surface area contributed by atoms with Crippen molar-refractivity contribution in [2.45, 2.75) is 103 Å². The van der Waals surface area contributed by atoms with Crippen molar-refractivity contribution < 1.29 is 27.5 Å². The Kier molecular flexibility index (Phi) is 15.5. The van der Waals surface area contributed by atoms with Gasteiger partial charge < -0.3 is 14.3 Å². The van der Waals surface area contributed by atoms with Gasteiger partial charge in [0.2, 0.25) is 10.0 Å². The number of hydrogen-bond acceptors (Lipinski definition) is 6. The average molecular weight is 832 g/mol. The van der Waals surface area contributed by atoms with Gasteiger partial charge >= 0.3 is 5.97 Å². The molecule has 0 heterocycles. The fourth-order valence-corrected chi connectivity index (χ4v) is 14.7. The molecule has 7 nitrogen and oxygen atoms in total. The topological polar surface area (TPSA) is 93.1 Å². The summed E-state index contributed by atoms with van der Waals surface area (Å²) in [7, 11) is -6.78. The molecular weight excluding hydrogens is 771 g/mol. The van der Waals surface area contributed by atoms with Crippen LogP contribution < -0.4 is 10.4 Å². The quantitative estimate of drug-likeness (QED) is 0.0538. The molecule has 5 aromatic rings. The molecule has 0 spiro atoms. The van der Waals surface area contributed by atoms with Gasteiger partial charge in [-0.2, -0.15) is 4.31 Å². The van der Waals surface area contributed by atoms with E-state index in [1.54, 1.807) is 13.8 Å². The smallest absolute Gasteiger partial charge is 0.311 e. The highest BCUT2D eigenvalue weighted by Crippen LogP contribution is 2.37. The van der Waals surface area contributed by atoms with Crippen LogP contribution >= 0.6 is 0 Å². The van der Waals surface area contributed by atoms with Gasteiger partial charge in [0.1, 0.15) is 6.10 Å². The summed E-state index contributed by atoms with van der Waals surface area (Å²) in [5.41, 5.74) is 3.74. The van der Waals surface area contributed by atoms with E-state index in [9.17, 15) is 18.3 Å². The van der Waals surface area contributed by atoms with Crippen LogP contribution in [0.3, 0.4) is 0 Å². The van der Waals surface area contributed by atoms with Crippen molar-refractivity contribution in [3.05, 3.63) is 173 Å². The molecule has 0 unspecified atom stereocenters. The predicted molar refractivity (Wildman–Crippen MR) is 242 cm³/mol. The molecule has 1 N–H and O–H groups in total. The molecule has 9 heteroatoms. The molecule has 0 aliphatic rings. The van der Waals surface area contributed by atoms with Crippen LogP contribution in [0.2, 0.25) is 5.04 Å². The molecule has 0 aromatic heterocycles. The number of hydrogen-bond donors (Lipinski definition) is 1. The molecule has 5 aromatic carbocycles. The molecule has 59 heavy (non-hydrogen) atoms. The first kappa shape index (κ1) is 45.4. The lowest BCUT2D eigenvalue weighted by molar-refractivity contribution is -0.160. The number of esters is 1. The Morgan fingerprint density at radius 3 is 1.76 bits per heavy atom. The van der Waals surface area contributed by atoms with E-state index in [0.29, 0.717) is 36.1 Å². The van der Waals surface area contributed by atoms with Crippen LogP contribution in [0.15, 0.2) is 151 Å². The number of carbonyl (C=O) groups is 1. The van der Waals surface area contributed by atoms with Gasteiger partial charge in [0.25, 0.3) is 8.32 Å². The fraction of sp³-hybridized carbons (Fsp3) is 0.340. The van der Waals surface area contributed by atoms with Crippen LogP contribution in [0.25, 0.3) is 0 Å². The van der Waals surface area contributed by atoms with Crippen molar-refractivity contribution in [2.75, 3.05) is 6.61 Å². The first-order valence-electron chi connectivity index (χ1n) is 20.5. The highest BCUT2D eigenvalue weighted by molar-refractivity contribution is 7.89. The molecule has 0 aliphatic carbocycles. The standard InChI is InChI=1S/C50H61NO6SSi/c1-37-34-38(2)48(39(3)35-37)58(54,55)51(36-42-24-14-9-15-25-42)41(5)47(43-26-16-10-17-27-43)57-49(53)40(4)46(52)32-22-13-23-33-56-59(50(6,7)8,44-28-18-11-19-29-44)45-30-20-12-21-31-45/h9-21,23-31,34-35,40-41,46-47,52H,22,32-33,36H2,1-8H3/b23-13+/t40-,41+,46-,47+/m1/s1. The molecule has 0 aliphatic heterocycles. The molecule has 0 radical (unpaired) electrons. The van der Waals surface area contributed by atoms with E-state index in [-0.39, 0.29) is 16.5 Å². The van der Waals surface area contributed by atoms with Crippen molar-refractivity contribution in [1.29, 1.82) is 0 Å². The first-order valence-corrected chi connectivity index (χ1v) is 23.9. The maximum absolute atomic E-state index is 14.8. The normalized spacial score (nSPS) is 14.5. The zero-order chi connectivity index (χ0) is 42.8. The lowest BCUT2D eigenvalue weighted by Gasteiger charge is -2.42. The second kappa shape index (κ2) is 20.1. The van der Waals surface area contributed by atoms with E-state index < -0.39 is 48.5 Å². The number of aliphatic hydroxyl groups is 1. The first-order chi connectivity index (χ1) is 28.1. The minimum Gasteiger partial charge on any atom is -0.455 e. The van der Waals surface area contributed by atoms with E-state index in [0.717, 1.165) is 11.1 Å². The summed E-state index contributed by atoms with van der Waals surface area (Å²) in [6.07, 6.45) is 2.91. The molecule has 5 rings (SSSR count). The number of allylic oxidation sites excluding steroid dienone is 1. The number of aryl methyl sites for hydroxylation is 3. The number of ether oxygens (including phenoxy) is 1. The van der Waals surface area contributed by atoms with Gasteiger partial charge in [0.15, 0.2) is 0 Å². The molecule has 0 fully saturated rings. The lowest BCUT2D eigenvalue weighted by Crippen LogP contribution is -2.66. The largest absolute Gasteiger partial charge is 0.455 e. The van der Waals surface area contributed by atoms with E-state index in [1.165, 1.54) is 14.7 Å². The summed E-state index contributed by atoms with van der Waals surface area (Å²) < 4.78 is 44.2. The Hall–Kier alpha value is -4.64. The van der Waals surface area contributed by atoms with Gasteiger partial charge in [-0.3, -0.25) is 4.79 Å². The number of sulfonamides is 1. The van der Waals surface area contributed by atoms with Crippen LogP contribution in [-0.2, 0) is 30.5 Å². The Morgan fingerprint density at radius 1 is 0.763 bits per heavy atom. The number of carbonyl (C=O) groups excluding carboxylic acids is 1. The van der Waals surface area contributed by atoms with Crippen molar-refractivity contribution in [3.8, 4) is 0 Å². The van der Waals surface area contributed by atoms with Crippen molar-refractivity contribution in [1.82, 2.24) is 4.31 Å². The van der Waals surface area contributed by atoms with E-state index in [1.807, 2.05) is 118 Å². The monoisotopic (exact) mass is 831 g/mol. The molecule has 312 valence electrons. The molecular formula is C50H61NO6SSi. The summed E-state index contributed by atoms with van der Waals surface area (Å²) in [5.74, 6) is -1.46. The number of aliphatic hydroxyl groups excluding tert-OH is 1. The molecule has 0 amide bonds. The fourth-order valence-electron chi connectivity index (χ4n) is 8.17. The summed E-state index contributed by atoms with van der Waals surface area (Å²) in [4.78, 5) is 14.2. The minimum atomic E-state index is -4.09. The van der Waals surface area contributed by atoms with E-state index in [4.69, 9.17) is 9.16 Å². The van der Waals surface area contributed by atoms with Crippen LogP contribution in [0, 0.1) is 26.7 Å². The highest BCUT2D eigenvalue weighted by atomic mass is 32.2. The van der Waals surface area contributed by atoms with Crippen molar-refractivity contribution >= 4 is 34.7 Å². The Morgan fingerprint density at radius 2 is 1.25 bits per heavy atom. The van der Waals surface area contributed by atoms with E-state index >= 15 is 0 Å². The highest BCUT2D eigenvalue weighted by Gasteiger charge is 2.50. The van der Waals surface area contributed by atoms with Crippen LogP contribution in [-0.4, -0.2) is 50.9 Å². The number of benzene rings is 5. The van der Waals surface area contributed by atoms with Crippen LogP contribution in [0.4, 0.5) is 0 Å². The van der Waals surface area contributed by atoms with Crippen LogP contribution in [0.5, 0.6) is 0 Å². The summed E-state index contributed by atoms with van der Waals surface area (Å²) in [5, 5.41) is 13.6. The zero-order valence-corrected chi connectivity index (χ0v) is 37.7. The number of nitrogens with zero attached hydrogens (tertiary/aromatic N) is 1. The number of rotatable bonds is 18. The van der Waals surface area contributed by atoms with Crippen molar-refractivity contribution in [3.63, 3.8) is 0 Å². The predicted octanol–water partition coefficient (Wildman–Crippen LogP) is 9.39. The third-order valence-electron chi connectivity index (χ3n) is 11.2. The van der Waals surface area contributed by atoms with Gasteiger partial charge in [0, 0.05) is 6.54 Å². The van der Waals surface area contributed by atoms with Crippen molar-refractivity contribution in [2.24, 2.45) is 5.92 Å². The van der Waals surface area contributed by atoms with E-state index in [2.05, 4.69) is 69.3 Å². The zero-order valence-electron chi connectivity index (χ0n) is 35.8. The summed E-state index contributed by atoms with van der Waals surface area (Å²) in [6.45, 7) is 16.2. The Balaban J connectivity index is 1.32. The average Bonchev–Trinajstić information content (AvgIpc) is 3.21. The molecule has 0 saturated carbocycles. The SMILES string of the molecule is Cc1cc(C)c(S(=O)(=O)N(Cc2ccccc2)[C@@H](C)[C@H](OC(=O)[C@H](C)[C@H](O)CC/C=C/CO[Si](c2ccccc2)(c2ccccc2)C(C)(C)C)c2ccccc2)c(C)c1. The van der Waals surface area contributed by atoms with Gasteiger partial charge in [-0.05, 0) is 85.1 Å². The molecule has 0 saturated heterocycles. The Bertz CT molecular complexity index is 2180. The molecule has 0 bridgehead atoms. The van der Waals surface area contributed by atoms with Gasteiger partial charge in [-0.1, -0.05) is 172 Å². The minimum absolute atomic E-state index is 0.0717. The maximum Gasteiger partial charge on any atom is 0.311 e. The van der Waals surface area contributed by atoms with Gasteiger partial charge in [-0.25, -0.2) is 8.42 Å². The third kappa shape index (κ3) is 10.8. The Labute approximate surface area is 353 Å². The summed E-state index contributed by atoms with van der Waals surface area (Å²) in [6, 6.07) is 42.6.